The molecule has 0 spiro atoms. The molecule has 0 amide bonds. The highest BCUT2D eigenvalue weighted by Gasteiger charge is 2.39. The van der Waals surface area contributed by atoms with Crippen molar-refractivity contribution in [3.8, 4) is 0 Å². The number of halogens is 1. The molecule has 0 aliphatic heterocycles. The van der Waals surface area contributed by atoms with E-state index in [0.717, 1.165) is 31.2 Å². The van der Waals surface area contributed by atoms with Crippen molar-refractivity contribution in [3.63, 3.8) is 0 Å². The van der Waals surface area contributed by atoms with Crippen LogP contribution < -0.4 is 10.0 Å². The van der Waals surface area contributed by atoms with E-state index in [1.165, 1.54) is 12.1 Å². The van der Waals surface area contributed by atoms with Crippen molar-refractivity contribution in [2.45, 2.75) is 49.6 Å². The smallest absolute Gasteiger partial charge is 0.243 e. The zero-order chi connectivity index (χ0) is 14.8. The maximum atomic E-state index is 14.0. The summed E-state index contributed by atoms with van der Waals surface area (Å²) in [6, 6.07) is 4.24. The first-order valence-electron chi connectivity index (χ1n) is 6.89. The second kappa shape index (κ2) is 5.79. The van der Waals surface area contributed by atoms with Gasteiger partial charge in [0.1, 0.15) is 10.7 Å². The summed E-state index contributed by atoms with van der Waals surface area (Å²) in [4.78, 5) is -0.267. The van der Waals surface area contributed by atoms with Gasteiger partial charge >= 0.3 is 0 Å². The molecule has 1 saturated carbocycles. The molecule has 112 valence electrons. The lowest BCUT2D eigenvalue weighted by Crippen LogP contribution is -2.52. The Morgan fingerprint density at radius 2 is 2.05 bits per heavy atom. The molecule has 2 N–H and O–H groups in total. The fourth-order valence-electron chi connectivity index (χ4n) is 2.55. The van der Waals surface area contributed by atoms with Crippen LogP contribution in [0, 0.1) is 5.82 Å². The molecule has 1 aliphatic rings. The molecule has 4 nitrogen and oxygen atoms in total. The normalized spacial score (nSPS) is 17.8. The molecule has 1 aromatic carbocycles. The van der Waals surface area contributed by atoms with Crippen LogP contribution in [0.15, 0.2) is 23.1 Å². The second-order valence-electron chi connectivity index (χ2n) is 5.39. The molecule has 0 atom stereocenters. The molecule has 2 rings (SSSR count). The van der Waals surface area contributed by atoms with Crippen molar-refractivity contribution in [1.82, 2.24) is 10.0 Å². The summed E-state index contributed by atoms with van der Waals surface area (Å²) >= 11 is 0. The van der Waals surface area contributed by atoms with Crippen molar-refractivity contribution in [2.24, 2.45) is 0 Å². The summed E-state index contributed by atoms with van der Waals surface area (Å²) in [6.45, 7) is 2.46. The van der Waals surface area contributed by atoms with Gasteiger partial charge in [-0.15, -0.1) is 0 Å². The van der Waals surface area contributed by atoms with Gasteiger partial charge in [-0.25, -0.2) is 17.5 Å². The Bertz CT molecular complexity index is 577. The van der Waals surface area contributed by atoms with Crippen LogP contribution in [0.25, 0.3) is 0 Å². The van der Waals surface area contributed by atoms with E-state index >= 15 is 0 Å². The number of rotatable bonds is 6. The maximum absolute atomic E-state index is 14.0. The molecule has 0 radical (unpaired) electrons. The Hall–Kier alpha value is -0.980. The standard InChI is InChI=1S/C14H21FN2O2S/c1-3-14(7-4-8-14)17-20(18,19)13-6-5-11(10-16-2)9-12(13)15/h5-6,9,16-17H,3-4,7-8,10H2,1-2H3. The molecule has 0 heterocycles. The third kappa shape index (κ3) is 3.02. The summed E-state index contributed by atoms with van der Waals surface area (Å²) in [5, 5.41) is 2.90. The van der Waals surface area contributed by atoms with Gasteiger partial charge in [-0.05, 0) is 50.4 Å². The quantitative estimate of drug-likeness (QED) is 0.846. The van der Waals surface area contributed by atoms with Gasteiger partial charge in [0.15, 0.2) is 0 Å². The molecular formula is C14H21FN2O2S. The lowest BCUT2D eigenvalue weighted by atomic mass is 9.76. The van der Waals surface area contributed by atoms with Crippen LogP contribution in [0.3, 0.4) is 0 Å². The van der Waals surface area contributed by atoms with Crippen LogP contribution in [-0.4, -0.2) is 21.0 Å². The van der Waals surface area contributed by atoms with E-state index in [0.29, 0.717) is 6.54 Å². The van der Waals surface area contributed by atoms with Crippen LogP contribution in [-0.2, 0) is 16.6 Å². The Kier molecular flexibility index (Phi) is 4.46. The highest BCUT2D eigenvalue weighted by Crippen LogP contribution is 2.36. The summed E-state index contributed by atoms with van der Waals surface area (Å²) < 4.78 is 41.3. The number of nitrogens with one attached hydrogen (secondary N) is 2. The number of benzene rings is 1. The number of hydrogen-bond donors (Lipinski definition) is 2. The molecule has 0 bridgehead atoms. The summed E-state index contributed by atoms with van der Waals surface area (Å²) in [5.41, 5.74) is 0.340. The molecule has 0 aromatic heterocycles. The average Bonchev–Trinajstić information content (AvgIpc) is 2.34. The van der Waals surface area contributed by atoms with Crippen molar-refractivity contribution in [3.05, 3.63) is 29.6 Å². The summed E-state index contributed by atoms with van der Waals surface area (Å²) in [7, 11) is -2.04. The average molecular weight is 300 g/mol. The van der Waals surface area contributed by atoms with Gasteiger partial charge in [-0.3, -0.25) is 0 Å². The van der Waals surface area contributed by atoms with E-state index in [-0.39, 0.29) is 10.4 Å². The number of hydrogen-bond acceptors (Lipinski definition) is 3. The van der Waals surface area contributed by atoms with E-state index in [2.05, 4.69) is 10.0 Å². The van der Waals surface area contributed by atoms with Gasteiger partial charge in [-0.1, -0.05) is 13.0 Å². The van der Waals surface area contributed by atoms with Crippen molar-refractivity contribution < 1.29 is 12.8 Å². The van der Waals surface area contributed by atoms with Crippen LogP contribution in [0.2, 0.25) is 0 Å². The Balaban J connectivity index is 2.25. The summed E-state index contributed by atoms with van der Waals surface area (Å²) in [6.07, 6.45) is 3.38. The van der Waals surface area contributed by atoms with Crippen molar-refractivity contribution in [2.75, 3.05) is 7.05 Å². The zero-order valence-corrected chi connectivity index (χ0v) is 12.7. The van der Waals surface area contributed by atoms with E-state index in [9.17, 15) is 12.8 Å². The highest BCUT2D eigenvalue weighted by molar-refractivity contribution is 7.89. The van der Waals surface area contributed by atoms with Gasteiger partial charge in [-0.2, -0.15) is 0 Å². The zero-order valence-electron chi connectivity index (χ0n) is 11.9. The van der Waals surface area contributed by atoms with Crippen LogP contribution in [0.5, 0.6) is 0 Å². The lowest BCUT2D eigenvalue weighted by Gasteiger charge is -2.41. The van der Waals surface area contributed by atoms with E-state index in [1.807, 2.05) is 6.92 Å². The first kappa shape index (κ1) is 15.4. The van der Waals surface area contributed by atoms with Crippen LogP contribution in [0.1, 0.15) is 38.2 Å². The van der Waals surface area contributed by atoms with Gasteiger partial charge in [0.2, 0.25) is 10.0 Å². The highest BCUT2D eigenvalue weighted by atomic mass is 32.2. The second-order valence-corrected chi connectivity index (χ2v) is 7.04. The predicted molar refractivity (Wildman–Crippen MR) is 76.4 cm³/mol. The monoisotopic (exact) mass is 300 g/mol. The Morgan fingerprint density at radius 1 is 1.35 bits per heavy atom. The first-order valence-corrected chi connectivity index (χ1v) is 8.38. The third-order valence-electron chi connectivity index (χ3n) is 4.01. The largest absolute Gasteiger partial charge is 0.316 e. The number of sulfonamides is 1. The SMILES string of the molecule is CCC1(NS(=O)(=O)c2ccc(CNC)cc2F)CCC1. The lowest BCUT2D eigenvalue weighted by molar-refractivity contribution is 0.213. The van der Waals surface area contributed by atoms with Crippen molar-refractivity contribution in [1.29, 1.82) is 0 Å². The molecule has 6 heteroatoms. The van der Waals surface area contributed by atoms with E-state index < -0.39 is 15.8 Å². The fourth-order valence-corrected chi connectivity index (χ4v) is 4.14. The first-order chi connectivity index (χ1) is 9.42. The fraction of sp³-hybridized carbons (Fsp3) is 0.571. The summed E-state index contributed by atoms with van der Waals surface area (Å²) in [5.74, 6) is -0.698. The van der Waals surface area contributed by atoms with Gasteiger partial charge in [0, 0.05) is 12.1 Å². The van der Waals surface area contributed by atoms with Crippen LogP contribution >= 0.6 is 0 Å². The van der Waals surface area contributed by atoms with E-state index in [4.69, 9.17) is 0 Å². The van der Waals surface area contributed by atoms with Gasteiger partial charge in [0.05, 0.1) is 0 Å². The molecule has 1 aliphatic carbocycles. The van der Waals surface area contributed by atoms with E-state index in [1.54, 1.807) is 13.1 Å². The minimum atomic E-state index is -3.80. The maximum Gasteiger partial charge on any atom is 0.243 e. The molecule has 0 unspecified atom stereocenters. The molecular weight excluding hydrogens is 279 g/mol. The third-order valence-corrected chi connectivity index (χ3v) is 5.62. The topological polar surface area (TPSA) is 58.2 Å². The molecule has 20 heavy (non-hydrogen) atoms. The minimum Gasteiger partial charge on any atom is -0.316 e. The minimum absolute atomic E-state index is 0.267. The molecule has 0 saturated heterocycles. The predicted octanol–water partition coefficient (Wildman–Crippen LogP) is 2.16. The van der Waals surface area contributed by atoms with Crippen molar-refractivity contribution >= 4 is 10.0 Å². The molecule has 1 fully saturated rings. The van der Waals surface area contributed by atoms with Crippen LogP contribution in [0.4, 0.5) is 4.39 Å². The Labute approximate surface area is 119 Å². The van der Waals surface area contributed by atoms with Gasteiger partial charge < -0.3 is 5.32 Å². The van der Waals surface area contributed by atoms with Gasteiger partial charge in [0.25, 0.3) is 0 Å². The molecule has 1 aromatic rings. The Morgan fingerprint density at radius 3 is 2.50 bits per heavy atom.